The number of aromatic nitrogens is 6. The lowest BCUT2D eigenvalue weighted by Gasteiger charge is -2.07. The largest absolute Gasteiger partial charge is 0.216 e. The van der Waals surface area contributed by atoms with Crippen LogP contribution in [0.4, 0.5) is 17.6 Å². The van der Waals surface area contributed by atoms with Gasteiger partial charge in [-0.25, -0.2) is 36.7 Å². The molecule has 0 aliphatic rings. The number of benzene rings is 2. The lowest BCUT2D eigenvalue weighted by atomic mass is 10.1. The average molecular weight is 398 g/mol. The lowest BCUT2D eigenvalue weighted by molar-refractivity contribution is 0.445. The molecule has 29 heavy (non-hydrogen) atoms. The molecule has 6 nitrogen and oxygen atoms in total. The van der Waals surface area contributed by atoms with Crippen LogP contribution in [-0.4, -0.2) is 29.4 Å². The predicted molar refractivity (Wildman–Crippen MR) is 95.4 cm³/mol. The van der Waals surface area contributed by atoms with Crippen molar-refractivity contribution in [2.45, 2.75) is 6.92 Å². The van der Waals surface area contributed by atoms with Gasteiger partial charge in [-0.05, 0) is 6.92 Å². The van der Waals surface area contributed by atoms with Crippen molar-refractivity contribution in [3.8, 4) is 17.1 Å². The van der Waals surface area contributed by atoms with Crippen molar-refractivity contribution in [3.63, 3.8) is 0 Å². The van der Waals surface area contributed by atoms with E-state index in [0.717, 1.165) is 11.1 Å². The van der Waals surface area contributed by atoms with E-state index in [0.29, 0.717) is 21.5 Å². The third-order valence-electron chi connectivity index (χ3n) is 4.52. The van der Waals surface area contributed by atoms with Crippen LogP contribution >= 0.6 is 0 Å². The van der Waals surface area contributed by atoms with Crippen molar-refractivity contribution in [3.05, 3.63) is 71.7 Å². The van der Waals surface area contributed by atoms with Crippen molar-refractivity contribution in [1.29, 1.82) is 0 Å². The van der Waals surface area contributed by atoms with Crippen molar-refractivity contribution in [1.82, 2.24) is 29.4 Å². The van der Waals surface area contributed by atoms with Gasteiger partial charge in [0.2, 0.25) is 0 Å². The van der Waals surface area contributed by atoms with Crippen LogP contribution in [0.2, 0.25) is 0 Å². The van der Waals surface area contributed by atoms with E-state index in [4.69, 9.17) is 0 Å². The Hall–Kier alpha value is -3.82. The van der Waals surface area contributed by atoms with Gasteiger partial charge < -0.3 is 0 Å². The molecule has 0 fully saturated rings. The summed E-state index contributed by atoms with van der Waals surface area (Å²) in [6.07, 6.45) is 2.54. The summed E-state index contributed by atoms with van der Waals surface area (Å²) in [5, 5.41) is 8.53. The Bertz CT molecular complexity index is 1380. The first kappa shape index (κ1) is 17.3. The zero-order chi connectivity index (χ0) is 20.3. The molecule has 0 unspecified atom stereocenters. The maximum Gasteiger partial charge on any atom is 0.187 e. The van der Waals surface area contributed by atoms with E-state index in [1.807, 2.05) is 31.2 Å². The van der Waals surface area contributed by atoms with Crippen LogP contribution < -0.4 is 0 Å². The van der Waals surface area contributed by atoms with Gasteiger partial charge in [-0.15, -0.1) is 5.10 Å². The van der Waals surface area contributed by atoms with Gasteiger partial charge in [0.25, 0.3) is 0 Å². The maximum atomic E-state index is 14.2. The van der Waals surface area contributed by atoms with E-state index in [1.165, 1.54) is 17.0 Å². The SMILES string of the molecule is Cc1ccc(-c2nc3c4cnn(-c5c(F)c(F)cc(F)c5F)c4ncn3n2)cc1. The molecule has 0 aliphatic carbocycles. The van der Waals surface area contributed by atoms with E-state index in [2.05, 4.69) is 20.2 Å². The fourth-order valence-electron chi connectivity index (χ4n) is 3.06. The molecule has 0 amide bonds. The van der Waals surface area contributed by atoms with Gasteiger partial charge in [0.15, 0.2) is 40.4 Å². The standard InChI is InChI=1S/C19H10F4N6/c1-9-2-4-10(5-3-9)17-26-19-11-7-25-29(18(11)24-8-28(19)27-17)16-14(22)12(20)6-13(21)15(16)23/h2-8H,1H3. The van der Waals surface area contributed by atoms with Gasteiger partial charge in [0.1, 0.15) is 12.0 Å². The molecular weight excluding hydrogens is 388 g/mol. The third kappa shape index (κ3) is 2.56. The first-order valence-electron chi connectivity index (χ1n) is 8.43. The summed E-state index contributed by atoms with van der Waals surface area (Å²) in [6.45, 7) is 1.95. The molecule has 3 aromatic heterocycles. The van der Waals surface area contributed by atoms with E-state index in [9.17, 15) is 17.6 Å². The molecule has 144 valence electrons. The van der Waals surface area contributed by atoms with Crippen LogP contribution in [0.1, 0.15) is 5.56 Å². The van der Waals surface area contributed by atoms with E-state index in [-0.39, 0.29) is 11.7 Å². The van der Waals surface area contributed by atoms with E-state index in [1.54, 1.807) is 0 Å². The summed E-state index contributed by atoms with van der Waals surface area (Å²) in [5.74, 6) is -5.79. The Balaban J connectivity index is 1.74. The minimum Gasteiger partial charge on any atom is -0.216 e. The minimum atomic E-state index is -1.57. The van der Waals surface area contributed by atoms with Gasteiger partial charge >= 0.3 is 0 Å². The Morgan fingerprint density at radius 3 is 2.28 bits per heavy atom. The summed E-state index contributed by atoms with van der Waals surface area (Å²) in [7, 11) is 0. The van der Waals surface area contributed by atoms with Crippen LogP contribution in [0.5, 0.6) is 0 Å². The second-order valence-electron chi connectivity index (χ2n) is 6.42. The smallest absolute Gasteiger partial charge is 0.187 e. The molecule has 0 saturated heterocycles. The molecule has 5 aromatic rings. The van der Waals surface area contributed by atoms with Crippen LogP contribution in [0.25, 0.3) is 33.8 Å². The number of nitrogens with zero attached hydrogens (tertiary/aromatic N) is 6. The molecule has 0 radical (unpaired) electrons. The molecule has 10 heteroatoms. The van der Waals surface area contributed by atoms with Crippen LogP contribution in [0, 0.1) is 30.2 Å². The maximum absolute atomic E-state index is 14.2. The summed E-state index contributed by atoms with van der Waals surface area (Å²) in [4.78, 5) is 8.54. The van der Waals surface area contributed by atoms with Gasteiger partial charge in [-0.2, -0.15) is 5.10 Å². The van der Waals surface area contributed by atoms with Gasteiger partial charge in [-0.3, -0.25) is 0 Å². The Kier molecular flexibility index (Phi) is 3.63. The third-order valence-corrected chi connectivity index (χ3v) is 4.52. The van der Waals surface area contributed by atoms with Gasteiger partial charge in [0, 0.05) is 11.6 Å². The minimum absolute atomic E-state index is 0.0249. The lowest BCUT2D eigenvalue weighted by Crippen LogP contribution is -2.08. The number of hydrogen-bond donors (Lipinski definition) is 0. The van der Waals surface area contributed by atoms with E-state index < -0.39 is 29.0 Å². The highest BCUT2D eigenvalue weighted by molar-refractivity contribution is 5.90. The molecule has 0 N–H and O–H groups in total. The Morgan fingerprint density at radius 1 is 0.897 bits per heavy atom. The van der Waals surface area contributed by atoms with E-state index >= 15 is 0 Å². The monoisotopic (exact) mass is 398 g/mol. The number of fused-ring (bicyclic) bond motifs is 3. The summed E-state index contributed by atoms with van der Waals surface area (Å²) in [6, 6.07) is 7.68. The fourth-order valence-corrected chi connectivity index (χ4v) is 3.06. The van der Waals surface area contributed by atoms with Crippen LogP contribution in [-0.2, 0) is 0 Å². The number of halogens is 4. The number of hydrogen-bond acceptors (Lipinski definition) is 4. The second kappa shape index (κ2) is 6.09. The summed E-state index contributed by atoms with van der Waals surface area (Å²) >= 11 is 0. The van der Waals surface area contributed by atoms with Crippen LogP contribution in [0.3, 0.4) is 0 Å². The quantitative estimate of drug-likeness (QED) is 0.333. The highest BCUT2D eigenvalue weighted by atomic mass is 19.2. The molecule has 2 aromatic carbocycles. The van der Waals surface area contributed by atoms with Crippen molar-refractivity contribution >= 4 is 16.7 Å². The Labute approximate surface area is 160 Å². The normalized spacial score (nSPS) is 11.6. The molecule has 3 heterocycles. The highest BCUT2D eigenvalue weighted by Crippen LogP contribution is 2.27. The molecular formula is C19H10F4N6. The fraction of sp³-hybridized carbons (Fsp3) is 0.0526. The highest BCUT2D eigenvalue weighted by Gasteiger charge is 2.24. The molecule has 5 rings (SSSR count). The molecule has 0 atom stereocenters. The first-order valence-corrected chi connectivity index (χ1v) is 8.43. The predicted octanol–water partition coefficient (Wildman–Crippen LogP) is 4.00. The molecule has 0 saturated carbocycles. The van der Waals surface area contributed by atoms with Crippen LogP contribution in [0.15, 0.2) is 42.9 Å². The molecule has 0 aliphatic heterocycles. The second-order valence-corrected chi connectivity index (χ2v) is 6.42. The van der Waals surface area contributed by atoms with Crippen molar-refractivity contribution in [2.75, 3.05) is 0 Å². The summed E-state index contributed by atoms with van der Waals surface area (Å²) in [5.41, 5.74) is 1.16. The average Bonchev–Trinajstić information content (AvgIpc) is 3.31. The number of rotatable bonds is 2. The number of aryl methyl sites for hydroxylation is 1. The van der Waals surface area contributed by atoms with Crippen molar-refractivity contribution < 1.29 is 17.6 Å². The molecule has 0 bridgehead atoms. The zero-order valence-electron chi connectivity index (χ0n) is 14.7. The first-order chi connectivity index (χ1) is 13.9. The van der Waals surface area contributed by atoms with Gasteiger partial charge in [0.05, 0.1) is 11.6 Å². The zero-order valence-corrected chi connectivity index (χ0v) is 14.7. The van der Waals surface area contributed by atoms with Crippen molar-refractivity contribution in [2.24, 2.45) is 0 Å². The molecule has 0 spiro atoms. The Morgan fingerprint density at radius 2 is 1.59 bits per heavy atom. The summed E-state index contributed by atoms with van der Waals surface area (Å²) < 4.78 is 57.7. The van der Waals surface area contributed by atoms with Gasteiger partial charge in [-0.1, -0.05) is 29.8 Å². The topological polar surface area (TPSA) is 60.9 Å².